The smallest absolute Gasteiger partial charge is 0.326 e. The highest BCUT2D eigenvalue weighted by atomic mass is 32.2. The molecule has 0 aliphatic carbocycles. The normalized spacial score (nSPS) is 16.6. The summed E-state index contributed by atoms with van der Waals surface area (Å²) < 4.78 is 27.3. The van der Waals surface area contributed by atoms with Gasteiger partial charge in [0, 0.05) is 31.6 Å². The maximum Gasteiger partial charge on any atom is 0.326 e. The Labute approximate surface area is 227 Å². The highest BCUT2D eigenvalue weighted by Crippen LogP contribution is 2.26. The molecule has 1 saturated heterocycles. The Morgan fingerprint density at radius 3 is 2.49 bits per heavy atom. The van der Waals surface area contributed by atoms with E-state index in [1.165, 1.54) is 18.5 Å². The highest BCUT2D eigenvalue weighted by molar-refractivity contribution is 7.89. The second-order valence-corrected chi connectivity index (χ2v) is 11.0. The van der Waals surface area contributed by atoms with Crippen LogP contribution in [-0.4, -0.2) is 67.1 Å². The average molecular weight is 559 g/mol. The maximum absolute atomic E-state index is 13.1. The van der Waals surface area contributed by atoms with E-state index < -0.39 is 34.0 Å². The Morgan fingerprint density at radius 2 is 1.82 bits per heavy atom. The summed E-state index contributed by atoms with van der Waals surface area (Å²) in [6, 6.07) is 12.3. The number of nitrogens with zero attached hydrogens (tertiary/aromatic N) is 2. The van der Waals surface area contributed by atoms with Gasteiger partial charge >= 0.3 is 5.97 Å². The molecule has 13 heteroatoms. The van der Waals surface area contributed by atoms with Crippen molar-refractivity contribution in [2.24, 2.45) is 10.8 Å². The third-order valence-corrected chi connectivity index (χ3v) is 8.18. The van der Waals surface area contributed by atoms with Crippen molar-refractivity contribution >= 4 is 39.8 Å². The third-order valence-electron chi connectivity index (χ3n) is 6.26. The minimum Gasteiger partial charge on any atom is -0.480 e. The van der Waals surface area contributed by atoms with Crippen LogP contribution >= 0.6 is 0 Å². The molecule has 0 unspecified atom stereocenters. The molecule has 2 aromatic rings. The number of sulfonamides is 1. The number of carboxylic acid groups (broad SMARTS) is 1. The van der Waals surface area contributed by atoms with Crippen molar-refractivity contribution in [3.8, 4) is 0 Å². The molecule has 1 heterocycles. The van der Waals surface area contributed by atoms with Gasteiger partial charge in [0.15, 0.2) is 0 Å². The predicted octanol–water partition coefficient (Wildman–Crippen LogP) is 1.25. The largest absolute Gasteiger partial charge is 0.480 e. The van der Waals surface area contributed by atoms with Gasteiger partial charge in [0.25, 0.3) is 0 Å². The van der Waals surface area contributed by atoms with Gasteiger partial charge in [-0.25, -0.2) is 19.1 Å². The SMILES string of the molecule is NNC=NCCCCC(=O)Nc1ccc(C[C@H](NC(=O)[C@@H]2CCCN2S(=O)(=O)c2ccccc2)C(=O)O)cc1. The van der Waals surface area contributed by atoms with Gasteiger partial charge in [-0.05, 0) is 55.5 Å². The number of amides is 2. The van der Waals surface area contributed by atoms with E-state index in [1.807, 2.05) is 0 Å². The predicted molar refractivity (Wildman–Crippen MR) is 146 cm³/mol. The zero-order valence-electron chi connectivity index (χ0n) is 21.5. The molecule has 1 fully saturated rings. The number of aliphatic carboxylic acids is 1. The topological polar surface area (TPSA) is 183 Å². The van der Waals surface area contributed by atoms with Crippen LogP contribution in [0.5, 0.6) is 0 Å². The molecule has 1 aliphatic rings. The summed E-state index contributed by atoms with van der Waals surface area (Å²) in [6.07, 6.45) is 3.91. The first-order chi connectivity index (χ1) is 18.7. The van der Waals surface area contributed by atoms with Crippen LogP contribution < -0.4 is 21.9 Å². The quantitative estimate of drug-likeness (QED) is 0.0754. The second kappa shape index (κ2) is 14.4. The van der Waals surface area contributed by atoms with Crippen LogP contribution in [0.3, 0.4) is 0 Å². The number of rotatable bonds is 14. The van der Waals surface area contributed by atoms with Crippen molar-refractivity contribution in [3.63, 3.8) is 0 Å². The number of carbonyl (C=O) groups excluding carboxylic acids is 2. The minimum absolute atomic E-state index is 0.00830. The molecule has 1 aliphatic heterocycles. The van der Waals surface area contributed by atoms with E-state index in [0.717, 1.165) is 10.7 Å². The van der Waals surface area contributed by atoms with E-state index in [2.05, 4.69) is 21.1 Å². The molecule has 0 spiro atoms. The van der Waals surface area contributed by atoms with Gasteiger partial charge in [0.1, 0.15) is 12.1 Å². The van der Waals surface area contributed by atoms with Gasteiger partial charge in [-0.3, -0.25) is 14.6 Å². The number of nitrogens with two attached hydrogens (primary N) is 1. The number of hydrazine groups is 1. The molecule has 0 aromatic heterocycles. The summed E-state index contributed by atoms with van der Waals surface area (Å²) >= 11 is 0. The third kappa shape index (κ3) is 8.60. The first-order valence-electron chi connectivity index (χ1n) is 12.7. The number of aliphatic imine (C=N–C) groups is 1. The summed E-state index contributed by atoms with van der Waals surface area (Å²) in [5, 5.41) is 15.0. The molecular formula is C26H34N6O6S. The summed E-state index contributed by atoms with van der Waals surface area (Å²) in [4.78, 5) is 41.2. The number of carboxylic acids is 1. The summed E-state index contributed by atoms with van der Waals surface area (Å²) in [6.45, 7) is 0.745. The Balaban J connectivity index is 1.55. The lowest BCUT2D eigenvalue weighted by Gasteiger charge is -2.25. The van der Waals surface area contributed by atoms with Crippen LogP contribution in [0.1, 0.15) is 37.7 Å². The molecular weight excluding hydrogens is 524 g/mol. The molecule has 0 saturated carbocycles. The summed E-state index contributed by atoms with van der Waals surface area (Å²) in [5.41, 5.74) is 3.51. The Bertz CT molecular complexity index is 1250. The number of hydrogen-bond acceptors (Lipinski definition) is 7. The molecule has 3 rings (SSSR count). The number of anilines is 1. The zero-order chi connectivity index (χ0) is 28.3. The zero-order valence-corrected chi connectivity index (χ0v) is 22.3. The highest BCUT2D eigenvalue weighted by Gasteiger charge is 2.40. The summed E-state index contributed by atoms with van der Waals surface area (Å²) in [7, 11) is -3.90. The fourth-order valence-corrected chi connectivity index (χ4v) is 5.95. The fraction of sp³-hybridized carbons (Fsp3) is 0.385. The van der Waals surface area contributed by atoms with Crippen molar-refractivity contribution in [1.82, 2.24) is 15.0 Å². The lowest BCUT2D eigenvalue weighted by atomic mass is 10.0. The molecule has 2 amide bonds. The molecule has 2 atom stereocenters. The molecule has 0 bridgehead atoms. The van der Waals surface area contributed by atoms with E-state index in [9.17, 15) is 27.9 Å². The molecule has 210 valence electrons. The van der Waals surface area contributed by atoms with E-state index in [1.54, 1.807) is 42.5 Å². The molecule has 2 aromatic carbocycles. The second-order valence-electron chi connectivity index (χ2n) is 9.09. The maximum atomic E-state index is 13.1. The van der Waals surface area contributed by atoms with Gasteiger partial charge in [-0.2, -0.15) is 4.31 Å². The van der Waals surface area contributed by atoms with Crippen LogP contribution in [0, 0.1) is 0 Å². The Morgan fingerprint density at radius 1 is 1.10 bits per heavy atom. The Kier molecular flexibility index (Phi) is 11.0. The number of hydrogen-bond donors (Lipinski definition) is 5. The number of benzene rings is 2. The molecule has 39 heavy (non-hydrogen) atoms. The summed E-state index contributed by atoms with van der Waals surface area (Å²) in [5.74, 6) is 3.06. The fourth-order valence-electron chi connectivity index (χ4n) is 4.27. The van der Waals surface area contributed by atoms with Gasteiger partial charge < -0.3 is 21.2 Å². The molecule has 12 nitrogen and oxygen atoms in total. The van der Waals surface area contributed by atoms with Crippen LogP contribution in [0.4, 0.5) is 5.69 Å². The van der Waals surface area contributed by atoms with Crippen molar-refractivity contribution < 1.29 is 27.9 Å². The van der Waals surface area contributed by atoms with E-state index >= 15 is 0 Å². The molecule has 0 radical (unpaired) electrons. The van der Waals surface area contributed by atoms with Crippen LogP contribution in [-0.2, 0) is 30.8 Å². The lowest BCUT2D eigenvalue weighted by Crippen LogP contribution is -2.51. The number of nitrogens with one attached hydrogen (secondary N) is 3. The first-order valence-corrected chi connectivity index (χ1v) is 14.1. The average Bonchev–Trinajstić information content (AvgIpc) is 3.43. The van der Waals surface area contributed by atoms with E-state index in [-0.39, 0.29) is 23.8 Å². The van der Waals surface area contributed by atoms with Gasteiger partial charge in [0.05, 0.1) is 11.2 Å². The van der Waals surface area contributed by atoms with E-state index in [4.69, 9.17) is 5.84 Å². The van der Waals surface area contributed by atoms with Crippen molar-refractivity contribution in [2.75, 3.05) is 18.4 Å². The lowest BCUT2D eigenvalue weighted by molar-refractivity contribution is -0.142. The van der Waals surface area contributed by atoms with Crippen LogP contribution in [0.25, 0.3) is 0 Å². The van der Waals surface area contributed by atoms with Gasteiger partial charge in [0.2, 0.25) is 21.8 Å². The van der Waals surface area contributed by atoms with Gasteiger partial charge in [-0.15, -0.1) is 0 Å². The monoisotopic (exact) mass is 558 g/mol. The Hall–Kier alpha value is -3.81. The molecule has 6 N–H and O–H groups in total. The number of carbonyl (C=O) groups is 3. The van der Waals surface area contributed by atoms with Crippen LogP contribution in [0.2, 0.25) is 0 Å². The number of unbranched alkanes of at least 4 members (excludes halogenated alkanes) is 1. The first kappa shape index (κ1) is 29.7. The van der Waals surface area contributed by atoms with Gasteiger partial charge in [-0.1, -0.05) is 30.3 Å². The van der Waals surface area contributed by atoms with Crippen LogP contribution in [0.15, 0.2) is 64.5 Å². The van der Waals surface area contributed by atoms with Crippen molar-refractivity contribution in [2.45, 2.75) is 55.5 Å². The van der Waals surface area contributed by atoms with Crippen molar-refractivity contribution in [3.05, 3.63) is 60.2 Å². The standard InChI is InChI=1S/C26H34N6O6S/c27-29-18-28-15-5-4-10-24(33)30-20-13-11-19(12-14-20)17-22(26(35)36)31-25(34)23-9-6-16-32(23)39(37,38)21-7-2-1-3-8-21/h1-3,7-8,11-14,18,22-23H,4-6,9-10,15-17,27H2,(H,28,29)(H,30,33)(H,31,34)(H,35,36)/t22-,23-/m0/s1. The van der Waals surface area contributed by atoms with Crippen molar-refractivity contribution in [1.29, 1.82) is 0 Å². The van der Waals surface area contributed by atoms with E-state index in [0.29, 0.717) is 43.5 Å². The minimum atomic E-state index is -3.90.